The first kappa shape index (κ1) is 16.8. The van der Waals surface area contributed by atoms with Gasteiger partial charge in [-0.05, 0) is 49.2 Å². The quantitative estimate of drug-likeness (QED) is 0.899. The zero-order valence-corrected chi connectivity index (χ0v) is 14.9. The largest absolute Gasteiger partial charge is 0.284 e. The zero-order chi connectivity index (χ0) is 17.5. The van der Waals surface area contributed by atoms with E-state index in [2.05, 4.69) is 4.72 Å². The van der Waals surface area contributed by atoms with Crippen LogP contribution in [0.15, 0.2) is 53.4 Å². The van der Waals surface area contributed by atoms with Crippen molar-refractivity contribution in [3.05, 3.63) is 54.1 Å². The molecule has 2 aromatic carbocycles. The van der Waals surface area contributed by atoms with Gasteiger partial charge in [0.2, 0.25) is 10.0 Å². The molecular formula is C16H18N2O4S2. The van der Waals surface area contributed by atoms with Crippen LogP contribution in [0, 0.1) is 0 Å². The van der Waals surface area contributed by atoms with E-state index < -0.39 is 20.0 Å². The number of rotatable bonds is 4. The van der Waals surface area contributed by atoms with Gasteiger partial charge in [-0.2, -0.15) is 0 Å². The zero-order valence-electron chi connectivity index (χ0n) is 13.3. The van der Waals surface area contributed by atoms with Crippen LogP contribution in [0.3, 0.4) is 0 Å². The maximum Gasteiger partial charge on any atom is 0.264 e. The highest BCUT2D eigenvalue weighted by molar-refractivity contribution is 7.93. The fraction of sp³-hybridized carbons (Fsp3) is 0.250. The van der Waals surface area contributed by atoms with Gasteiger partial charge in [0.05, 0.1) is 16.8 Å². The number of hydrogen-bond acceptors (Lipinski definition) is 4. The summed E-state index contributed by atoms with van der Waals surface area (Å²) in [6, 6.07) is 13.0. The van der Waals surface area contributed by atoms with Gasteiger partial charge < -0.3 is 0 Å². The first-order valence-electron chi connectivity index (χ1n) is 7.39. The Labute approximate surface area is 142 Å². The van der Waals surface area contributed by atoms with Crippen LogP contribution >= 0.6 is 0 Å². The van der Waals surface area contributed by atoms with E-state index in [9.17, 15) is 16.8 Å². The fourth-order valence-corrected chi connectivity index (χ4v) is 5.18. The predicted molar refractivity (Wildman–Crippen MR) is 94.2 cm³/mol. The van der Waals surface area contributed by atoms with Crippen molar-refractivity contribution in [2.75, 3.05) is 15.3 Å². The predicted octanol–water partition coefficient (Wildman–Crippen LogP) is 2.20. The Hall–Kier alpha value is -2.06. The standard InChI is InChI=1S/C16H18N2O4S2/c1-12-11-13-5-3-4-6-16(13)18(12)24(21,22)15-9-7-14(8-10-15)17-23(2,19)20/h3-10,12,17H,11H2,1-2H3/t12-/m0/s1. The van der Waals surface area contributed by atoms with E-state index in [1.54, 1.807) is 6.07 Å². The summed E-state index contributed by atoms with van der Waals surface area (Å²) in [7, 11) is -7.11. The van der Waals surface area contributed by atoms with Gasteiger partial charge in [0, 0.05) is 11.7 Å². The van der Waals surface area contributed by atoms with Crippen molar-refractivity contribution in [2.45, 2.75) is 24.3 Å². The number of nitrogens with one attached hydrogen (secondary N) is 1. The molecule has 0 radical (unpaired) electrons. The van der Waals surface area contributed by atoms with E-state index in [0.717, 1.165) is 11.8 Å². The summed E-state index contributed by atoms with van der Waals surface area (Å²) in [6.07, 6.45) is 1.71. The molecule has 0 unspecified atom stereocenters. The molecule has 0 fully saturated rings. The van der Waals surface area contributed by atoms with Crippen LogP contribution < -0.4 is 9.03 Å². The number of fused-ring (bicyclic) bond motifs is 1. The van der Waals surface area contributed by atoms with Gasteiger partial charge >= 0.3 is 0 Å². The van der Waals surface area contributed by atoms with Crippen LogP contribution in [0.4, 0.5) is 11.4 Å². The van der Waals surface area contributed by atoms with Crippen LogP contribution in [0.5, 0.6) is 0 Å². The van der Waals surface area contributed by atoms with Crippen molar-refractivity contribution in [3.8, 4) is 0 Å². The summed E-state index contributed by atoms with van der Waals surface area (Å²) < 4.78 is 52.2. The van der Waals surface area contributed by atoms with Crippen molar-refractivity contribution >= 4 is 31.4 Å². The normalized spacial score (nSPS) is 17.6. The van der Waals surface area contributed by atoms with Crippen LogP contribution in [0.2, 0.25) is 0 Å². The topological polar surface area (TPSA) is 83.6 Å². The number of benzene rings is 2. The van der Waals surface area contributed by atoms with E-state index in [1.807, 2.05) is 25.1 Å². The second kappa shape index (κ2) is 5.78. The smallest absolute Gasteiger partial charge is 0.264 e. The highest BCUT2D eigenvalue weighted by Crippen LogP contribution is 2.36. The molecule has 0 spiro atoms. The van der Waals surface area contributed by atoms with Crippen molar-refractivity contribution in [3.63, 3.8) is 0 Å². The molecule has 0 bridgehead atoms. The molecule has 1 heterocycles. The molecule has 1 N–H and O–H groups in total. The summed E-state index contributed by atoms with van der Waals surface area (Å²) in [5.74, 6) is 0. The van der Waals surface area contributed by atoms with E-state index in [-0.39, 0.29) is 10.9 Å². The lowest BCUT2D eigenvalue weighted by molar-refractivity contribution is 0.584. The highest BCUT2D eigenvalue weighted by atomic mass is 32.2. The van der Waals surface area contributed by atoms with Crippen LogP contribution in [-0.4, -0.2) is 29.1 Å². The molecule has 8 heteroatoms. The highest BCUT2D eigenvalue weighted by Gasteiger charge is 2.35. The van der Waals surface area contributed by atoms with Gasteiger partial charge in [0.25, 0.3) is 10.0 Å². The minimum atomic E-state index is -3.71. The molecule has 0 saturated carbocycles. The lowest BCUT2D eigenvalue weighted by Crippen LogP contribution is -2.35. The maximum absolute atomic E-state index is 13.0. The number of sulfonamides is 2. The van der Waals surface area contributed by atoms with Gasteiger partial charge in [-0.1, -0.05) is 18.2 Å². The van der Waals surface area contributed by atoms with Crippen molar-refractivity contribution < 1.29 is 16.8 Å². The third kappa shape index (κ3) is 3.11. The number of anilines is 2. The molecule has 0 aliphatic carbocycles. The minimum absolute atomic E-state index is 0.130. The van der Waals surface area contributed by atoms with Gasteiger partial charge in [0.1, 0.15) is 0 Å². The van der Waals surface area contributed by atoms with E-state index in [4.69, 9.17) is 0 Å². The monoisotopic (exact) mass is 366 g/mol. The Morgan fingerprint density at radius 2 is 1.62 bits per heavy atom. The fourth-order valence-electron chi connectivity index (χ4n) is 2.93. The van der Waals surface area contributed by atoms with E-state index in [1.165, 1.54) is 28.6 Å². The molecule has 24 heavy (non-hydrogen) atoms. The first-order valence-corrected chi connectivity index (χ1v) is 10.7. The molecule has 1 aliphatic rings. The summed E-state index contributed by atoms with van der Waals surface area (Å²) in [5, 5.41) is 0. The number of para-hydroxylation sites is 1. The summed E-state index contributed by atoms with van der Waals surface area (Å²) in [4.78, 5) is 0.130. The lowest BCUT2D eigenvalue weighted by atomic mass is 10.1. The van der Waals surface area contributed by atoms with Crippen LogP contribution in [0.25, 0.3) is 0 Å². The van der Waals surface area contributed by atoms with Crippen molar-refractivity contribution in [1.29, 1.82) is 0 Å². The Kier molecular flexibility index (Phi) is 4.05. The first-order chi connectivity index (χ1) is 11.2. The second-order valence-corrected chi connectivity index (χ2v) is 9.44. The van der Waals surface area contributed by atoms with E-state index in [0.29, 0.717) is 17.8 Å². The average molecular weight is 366 g/mol. The van der Waals surface area contributed by atoms with Gasteiger partial charge in [-0.3, -0.25) is 9.03 Å². The minimum Gasteiger partial charge on any atom is -0.284 e. The van der Waals surface area contributed by atoms with Crippen LogP contribution in [-0.2, 0) is 26.5 Å². The van der Waals surface area contributed by atoms with Crippen molar-refractivity contribution in [1.82, 2.24) is 0 Å². The Morgan fingerprint density at radius 1 is 1.00 bits per heavy atom. The molecule has 0 amide bonds. The molecule has 0 saturated heterocycles. The lowest BCUT2D eigenvalue weighted by Gasteiger charge is -2.24. The molecule has 1 atom stereocenters. The molecule has 3 rings (SSSR count). The molecule has 1 aliphatic heterocycles. The summed E-state index contributed by atoms with van der Waals surface area (Å²) in [6.45, 7) is 1.87. The van der Waals surface area contributed by atoms with Crippen LogP contribution in [0.1, 0.15) is 12.5 Å². The third-order valence-electron chi connectivity index (χ3n) is 3.86. The number of nitrogens with zero attached hydrogens (tertiary/aromatic N) is 1. The van der Waals surface area contributed by atoms with Gasteiger partial charge in [-0.15, -0.1) is 0 Å². The van der Waals surface area contributed by atoms with Gasteiger partial charge in [-0.25, -0.2) is 16.8 Å². The molecular weight excluding hydrogens is 348 g/mol. The second-order valence-electron chi connectivity index (χ2n) is 5.88. The SMILES string of the molecule is C[C@H]1Cc2ccccc2N1S(=O)(=O)c1ccc(NS(C)(=O)=O)cc1. The van der Waals surface area contributed by atoms with E-state index >= 15 is 0 Å². The summed E-state index contributed by atoms with van der Waals surface area (Å²) >= 11 is 0. The Morgan fingerprint density at radius 3 is 2.25 bits per heavy atom. The molecule has 128 valence electrons. The molecule has 0 aromatic heterocycles. The third-order valence-corrected chi connectivity index (χ3v) is 6.41. The van der Waals surface area contributed by atoms with Crippen molar-refractivity contribution in [2.24, 2.45) is 0 Å². The maximum atomic E-state index is 13.0. The Bertz CT molecular complexity index is 967. The Balaban J connectivity index is 1.97. The number of hydrogen-bond donors (Lipinski definition) is 1. The summed E-state index contributed by atoms with van der Waals surface area (Å²) in [5.41, 5.74) is 2.03. The average Bonchev–Trinajstić information content (AvgIpc) is 2.82. The molecule has 2 aromatic rings. The molecule has 6 nitrogen and oxygen atoms in total. The van der Waals surface area contributed by atoms with Gasteiger partial charge in [0.15, 0.2) is 0 Å².